The number of aliphatic hydroxyl groups excluding tert-OH is 1. The van der Waals surface area contributed by atoms with E-state index in [1.165, 1.54) is 12.1 Å². The average Bonchev–Trinajstić information content (AvgIpc) is 2.43. The fraction of sp³-hybridized carbons (Fsp3) is 0.538. The quantitative estimate of drug-likeness (QED) is 0.458. The van der Waals surface area contributed by atoms with Gasteiger partial charge in [-0.15, -0.1) is 0 Å². The van der Waals surface area contributed by atoms with E-state index in [1.807, 2.05) is 0 Å². The number of benzene rings is 1. The molecule has 0 bridgehead atoms. The molecule has 110 valence electrons. The molecule has 1 aromatic rings. The minimum absolute atomic E-state index is 0.0285. The van der Waals surface area contributed by atoms with Crippen molar-refractivity contribution in [1.82, 2.24) is 0 Å². The molecule has 7 heteroatoms. The highest BCUT2D eigenvalue weighted by atomic mass is 16.6. The highest BCUT2D eigenvalue weighted by molar-refractivity contribution is 5.38. The molecule has 0 amide bonds. The van der Waals surface area contributed by atoms with Gasteiger partial charge in [-0.25, -0.2) is 0 Å². The normalized spacial score (nSPS) is 25.0. The Labute approximate surface area is 116 Å². The Balaban J connectivity index is 1.92. The van der Waals surface area contributed by atoms with Gasteiger partial charge < -0.3 is 19.3 Å². The number of nitrogens with zero attached hydrogens (tertiary/aromatic N) is 1. The second-order valence-electron chi connectivity index (χ2n) is 4.54. The van der Waals surface area contributed by atoms with Gasteiger partial charge in [0.25, 0.3) is 5.69 Å². The summed E-state index contributed by atoms with van der Waals surface area (Å²) in [5.74, 6) is 0.399. The van der Waals surface area contributed by atoms with Crippen LogP contribution in [0.5, 0.6) is 5.75 Å². The summed E-state index contributed by atoms with van der Waals surface area (Å²) in [4.78, 5) is 10.2. The van der Waals surface area contributed by atoms with E-state index < -0.39 is 17.1 Å². The van der Waals surface area contributed by atoms with Crippen molar-refractivity contribution in [2.24, 2.45) is 0 Å². The molecule has 3 atom stereocenters. The Kier molecular flexibility index (Phi) is 4.89. The summed E-state index contributed by atoms with van der Waals surface area (Å²) in [5, 5.41) is 20.3. The van der Waals surface area contributed by atoms with E-state index in [-0.39, 0.29) is 11.8 Å². The summed E-state index contributed by atoms with van der Waals surface area (Å²) in [5.41, 5.74) is -0.0285. The van der Waals surface area contributed by atoms with Gasteiger partial charge in [0, 0.05) is 19.6 Å². The number of ether oxygens (including phenoxy) is 3. The first-order chi connectivity index (χ1) is 9.61. The molecule has 0 aromatic heterocycles. The molecule has 0 saturated heterocycles. The number of nitro groups is 1. The first kappa shape index (κ1) is 14.7. The molecular weight excluding hydrogens is 266 g/mol. The van der Waals surface area contributed by atoms with Gasteiger partial charge in [-0.05, 0) is 6.07 Å². The Hall–Kier alpha value is -1.70. The average molecular weight is 283 g/mol. The van der Waals surface area contributed by atoms with Crippen molar-refractivity contribution < 1.29 is 24.2 Å². The second-order valence-corrected chi connectivity index (χ2v) is 4.54. The Morgan fingerprint density at radius 3 is 2.90 bits per heavy atom. The van der Waals surface area contributed by atoms with Crippen LogP contribution in [0.1, 0.15) is 6.42 Å². The van der Waals surface area contributed by atoms with E-state index >= 15 is 0 Å². The topological polar surface area (TPSA) is 91.1 Å². The number of aliphatic hydroxyl groups is 1. The molecular formula is C13H17NO6. The first-order valence-electron chi connectivity index (χ1n) is 6.31. The molecule has 7 nitrogen and oxygen atoms in total. The molecule has 1 saturated carbocycles. The molecule has 0 aliphatic heterocycles. The van der Waals surface area contributed by atoms with Crippen molar-refractivity contribution in [3.8, 4) is 5.75 Å². The lowest BCUT2D eigenvalue weighted by Gasteiger charge is -2.40. The van der Waals surface area contributed by atoms with Crippen molar-refractivity contribution in [2.75, 3.05) is 20.3 Å². The fourth-order valence-corrected chi connectivity index (χ4v) is 2.00. The van der Waals surface area contributed by atoms with Gasteiger partial charge in [0.05, 0.1) is 30.3 Å². The van der Waals surface area contributed by atoms with Crippen LogP contribution in [0.2, 0.25) is 0 Å². The third-order valence-corrected chi connectivity index (χ3v) is 3.13. The van der Waals surface area contributed by atoms with E-state index in [0.29, 0.717) is 25.4 Å². The Morgan fingerprint density at radius 2 is 2.25 bits per heavy atom. The molecule has 0 spiro atoms. The monoisotopic (exact) mass is 283 g/mol. The SMILES string of the molecule is COCCOC1C(O)CC1Oc1cccc([N+](=O)[O-])c1. The maximum absolute atomic E-state index is 10.7. The van der Waals surface area contributed by atoms with Gasteiger partial charge in [-0.1, -0.05) is 6.07 Å². The maximum atomic E-state index is 10.7. The van der Waals surface area contributed by atoms with Gasteiger partial charge in [-0.2, -0.15) is 0 Å². The number of methoxy groups -OCH3 is 1. The predicted octanol–water partition coefficient (Wildman–Crippen LogP) is 1.14. The van der Waals surface area contributed by atoms with Crippen molar-refractivity contribution in [3.05, 3.63) is 34.4 Å². The van der Waals surface area contributed by atoms with Crippen molar-refractivity contribution in [1.29, 1.82) is 0 Å². The van der Waals surface area contributed by atoms with E-state index in [4.69, 9.17) is 14.2 Å². The van der Waals surface area contributed by atoms with Gasteiger partial charge >= 0.3 is 0 Å². The van der Waals surface area contributed by atoms with Crippen LogP contribution in [0.25, 0.3) is 0 Å². The third kappa shape index (κ3) is 3.44. The van der Waals surface area contributed by atoms with Crippen molar-refractivity contribution in [2.45, 2.75) is 24.7 Å². The molecule has 0 heterocycles. The maximum Gasteiger partial charge on any atom is 0.273 e. The molecule has 1 aliphatic carbocycles. The van der Waals surface area contributed by atoms with Crippen LogP contribution in [-0.4, -0.2) is 48.7 Å². The highest BCUT2D eigenvalue weighted by Crippen LogP contribution is 2.30. The van der Waals surface area contributed by atoms with Gasteiger partial charge in [0.15, 0.2) is 0 Å². The molecule has 1 N–H and O–H groups in total. The zero-order valence-electron chi connectivity index (χ0n) is 11.1. The van der Waals surface area contributed by atoms with Crippen molar-refractivity contribution in [3.63, 3.8) is 0 Å². The summed E-state index contributed by atoms with van der Waals surface area (Å²) < 4.78 is 16.0. The molecule has 20 heavy (non-hydrogen) atoms. The largest absolute Gasteiger partial charge is 0.487 e. The smallest absolute Gasteiger partial charge is 0.273 e. The number of non-ortho nitro benzene ring substituents is 1. The van der Waals surface area contributed by atoms with Crippen molar-refractivity contribution >= 4 is 5.69 Å². The van der Waals surface area contributed by atoms with E-state index in [1.54, 1.807) is 19.2 Å². The Bertz CT molecular complexity index is 466. The van der Waals surface area contributed by atoms with Crippen LogP contribution in [0.15, 0.2) is 24.3 Å². The molecule has 3 unspecified atom stereocenters. The molecule has 0 radical (unpaired) electrons. The highest BCUT2D eigenvalue weighted by Gasteiger charge is 2.43. The first-order valence-corrected chi connectivity index (χ1v) is 6.31. The summed E-state index contributed by atoms with van der Waals surface area (Å²) in [6.07, 6.45) is -0.857. The van der Waals surface area contributed by atoms with E-state index in [0.717, 1.165) is 0 Å². The molecule has 2 rings (SSSR count). The summed E-state index contributed by atoms with van der Waals surface area (Å²) in [6.45, 7) is 0.805. The summed E-state index contributed by atoms with van der Waals surface area (Å²) >= 11 is 0. The van der Waals surface area contributed by atoms with Crippen LogP contribution in [0.4, 0.5) is 5.69 Å². The van der Waals surface area contributed by atoms with Crippen LogP contribution >= 0.6 is 0 Å². The predicted molar refractivity (Wildman–Crippen MR) is 69.8 cm³/mol. The molecule has 1 aliphatic rings. The Morgan fingerprint density at radius 1 is 1.45 bits per heavy atom. The van der Waals surface area contributed by atoms with Crippen LogP contribution in [0.3, 0.4) is 0 Å². The second kappa shape index (κ2) is 6.65. The molecule has 1 fully saturated rings. The number of nitro benzene ring substituents is 1. The van der Waals surface area contributed by atoms with Gasteiger partial charge in [-0.3, -0.25) is 10.1 Å². The van der Waals surface area contributed by atoms with E-state index in [9.17, 15) is 15.2 Å². The summed E-state index contributed by atoms with van der Waals surface area (Å²) in [6, 6.07) is 5.96. The zero-order chi connectivity index (χ0) is 14.5. The minimum atomic E-state index is -0.574. The number of hydrogen-bond acceptors (Lipinski definition) is 6. The van der Waals surface area contributed by atoms with Gasteiger partial charge in [0.1, 0.15) is 18.0 Å². The standard InChI is InChI=1S/C13H17NO6/c1-18-5-6-19-13-11(15)8-12(13)20-10-4-2-3-9(7-10)14(16)17/h2-4,7,11-13,15H,5-6,8H2,1H3. The number of hydrogen-bond donors (Lipinski definition) is 1. The lowest BCUT2D eigenvalue weighted by Crippen LogP contribution is -2.55. The lowest BCUT2D eigenvalue weighted by atomic mass is 9.88. The van der Waals surface area contributed by atoms with Gasteiger partial charge in [0.2, 0.25) is 0 Å². The third-order valence-electron chi connectivity index (χ3n) is 3.13. The van der Waals surface area contributed by atoms with Crippen LogP contribution in [0, 0.1) is 10.1 Å². The summed E-state index contributed by atoms with van der Waals surface area (Å²) in [7, 11) is 1.57. The van der Waals surface area contributed by atoms with E-state index in [2.05, 4.69) is 0 Å². The fourth-order valence-electron chi connectivity index (χ4n) is 2.00. The minimum Gasteiger partial charge on any atom is -0.487 e. The number of rotatable bonds is 7. The lowest BCUT2D eigenvalue weighted by molar-refractivity contribution is -0.385. The van der Waals surface area contributed by atoms with Crippen LogP contribution < -0.4 is 4.74 Å². The molecule has 1 aromatic carbocycles. The zero-order valence-corrected chi connectivity index (χ0v) is 11.1. The van der Waals surface area contributed by atoms with Crippen LogP contribution in [-0.2, 0) is 9.47 Å².